The van der Waals surface area contributed by atoms with Gasteiger partial charge in [0, 0.05) is 34.1 Å². The van der Waals surface area contributed by atoms with E-state index in [4.69, 9.17) is 34.8 Å². The number of hydrogen-bond acceptors (Lipinski definition) is 3. The Morgan fingerprint density at radius 3 is 2.58 bits per heavy atom. The molecule has 0 aliphatic carbocycles. The van der Waals surface area contributed by atoms with Crippen LogP contribution in [-0.2, 0) is 17.9 Å². The largest absolute Gasteiger partial charge is 0.309 e. The van der Waals surface area contributed by atoms with Gasteiger partial charge in [-0.3, -0.25) is 14.2 Å². The average molecular weight is 413 g/mol. The third-order valence-electron chi connectivity index (χ3n) is 3.78. The van der Waals surface area contributed by atoms with E-state index < -0.39 is 0 Å². The van der Waals surface area contributed by atoms with E-state index in [9.17, 15) is 4.79 Å². The summed E-state index contributed by atoms with van der Waals surface area (Å²) in [6.07, 6.45) is 4.97. The van der Waals surface area contributed by atoms with Gasteiger partial charge in [0.15, 0.2) is 5.82 Å². The molecule has 0 saturated carbocycles. The predicted molar refractivity (Wildman–Crippen MR) is 103 cm³/mol. The van der Waals surface area contributed by atoms with Crippen molar-refractivity contribution >= 4 is 46.5 Å². The van der Waals surface area contributed by atoms with Gasteiger partial charge < -0.3 is 5.32 Å². The lowest BCUT2D eigenvalue weighted by atomic mass is 10.1. The number of benzene rings is 1. The lowest BCUT2D eigenvalue weighted by Crippen LogP contribution is -2.24. The van der Waals surface area contributed by atoms with Gasteiger partial charge in [0.25, 0.3) is 0 Å². The number of rotatable bonds is 6. The fraction of sp³-hybridized carbons (Fsp3) is 0.235. The number of anilines is 1. The summed E-state index contributed by atoms with van der Waals surface area (Å²) in [6, 6.07) is 7.06. The van der Waals surface area contributed by atoms with Crippen molar-refractivity contribution in [1.82, 2.24) is 19.6 Å². The van der Waals surface area contributed by atoms with Crippen LogP contribution in [0.25, 0.3) is 0 Å². The molecule has 6 nitrogen and oxygen atoms in total. The van der Waals surface area contributed by atoms with Crippen LogP contribution in [0.2, 0.25) is 15.1 Å². The molecule has 0 saturated heterocycles. The highest BCUT2D eigenvalue weighted by Gasteiger charge is 2.16. The Balaban J connectivity index is 1.61. The molecule has 2 aromatic heterocycles. The Morgan fingerprint density at radius 1 is 1.19 bits per heavy atom. The Labute approximate surface area is 165 Å². The van der Waals surface area contributed by atoms with Crippen LogP contribution in [0.3, 0.4) is 0 Å². The molecule has 9 heteroatoms. The van der Waals surface area contributed by atoms with E-state index in [1.165, 1.54) is 6.20 Å². The molecule has 0 aliphatic rings. The standard InChI is InChI=1S/C17H16Cl3N5O/c1-11(8-25-9-12(18)7-21-25)17(26)22-16-5-6-24(23-16)10-13-14(19)3-2-4-15(13)20/h2-7,9,11H,8,10H2,1H3,(H,22,23,26). The van der Waals surface area contributed by atoms with Crippen LogP contribution in [0.1, 0.15) is 12.5 Å². The Kier molecular flexibility index (Phi) is 5.86. The number of carbonyl (C=O) groups is 1. The minimum atomic E-state index is -0.297. The maximum Gasteiger partial charge on any atom is 0.230 e. The molecule has 3 aromatic rings. The lowest BCUT2D eigenvalue weighted by Gasteiger charge is -2.11. The summed E-state index contributed by atoms with van der Waals surface area (Å²) >= 11 is 18.2. The van der Waals surface area contributed by atoms with E-state index in [1.54, 1.807) is 46.0 Å². The molecule has 136 valence electrons. The van der Waals surface area contributed by atoms with Crippen LogP contribution >= 0.6 is 34.8 Å². The van der Waals surface area contributed by atoms with Gasteiger partial charge in [0.2, 0.25) is 5.91 Å². The van der Waals surface area contributed by atoms with E-state index >= 15 is 0 Å². The first kappa shape index (κ1) is 18.8. The molecule has 1 amide bonds. The van der Waals surface area contributed by atoms with Gasteiger partial charge in [-0.1, -0.05) is 47.8 Å². The second-order valence-electron chi connectivity index (χ2n) is 5.87. The Bertz CT molecular complexity index is 901. The van der Waals surface area contributed by atoms with E-state index in [1.807, 2.05) is 6.92 Å². The van der Waals surface area contributed by atoms with Gasteiger partial charge in [-0.15, -0.1) is 0 Å². The summed E-state index contributed by atoms with van der Waals surface area (Å²) < 4.78 is 3.30. The van der Waals surface area contributed by atoms with Crippen molar-refractivity contribution in [2.24, 2.45) is 5.92 Å². The summed E-state index contributed by atoms with van der Waals surface area (Å²) in [5, 5.41) is 12.9. The Hall–Kier alpha value is -2.02. The van der Waals surface area contributed by atoms with Crippen molar-refractivity contribution in [3.63, 3.8) is 0 Å². The van der Waals surface area contributed by atoms with Crippen LogP contribution < -0.4 is 5.32 Å². The fourth-order valence-corrected chi connectivity index (χ4v) is 3.09. The molecule has 26 heavy (non-hydrogen) atoms. The van der Waals surface area contributed by atoms with Crippen molar-refractivity contribution < 1.29 is 4.79 Å². The van der Waals surface area contributed by atoms with E-state index in [-0.39, 0.29) is 11.8 Å². The second kappa shape index (κ2) is 8.12. The first-order valence-electron chi connectivity index (χ1n) is 7.87. The van der Waals surface area contributed by atoms with Crippen molar-refractivity contribution in [2.45, 2.75) is 20.0 Å². The van der Waals surface area contributed by atoms with E-state index in [0.717, 1.165) is 5.56 Å². The number of hydrogen-bond donors (Lipinski definition) is 1. The SMILES string of the molecule is CC(Cn1cc(Cl)cn1)C(=O)Nc1ccn(Cc2c(Cl)cccc2Cl)n1. The molecule has 2 heterocycles. The van der Waals surface area contributed by atoms with Crippen LogP contribution in [0.15, 0.2) is 42.9 Å². The molecule has 0 fully saturated rings. The van der Waals surface area contributed by atoms with Gasteiger partial charge in [-0.05, 0) is 12.1 Å². The zero-order chi connectivity index (χ0) is 18.7. The smallest absolute Gasteiger partial charge is 0.230 e. The molecule has 1 unspecified atom stereocenters. The summed E-state index contributed by atoms with van der Waals surface area (Å²) in [6.45, 7) is 2.65. The highest BCUT2D eigenvalue weighted by molar-refractivity contribution is 6.36. The zero-order valence-electron chi connectivity index (χ0n) is 13.9. The van der Waals surface area contributed by atoms with Crippen molar-refractivity contribution in [3.8, 4) is 0 Å². The van der Waals surface area contributed by atoms with Crippen molar-refractivity contribution in [2.75, 3.05) is 5.32 Å². The van der Waals surface area contributed by atoms with Gasteiger partial charge in [-0.25, -0.2) is 0 Å². The summed E-state index contributed by atoms with van der Waals surface area (Å²) in [5.74, 6) is 0.00954. The normalized spacial score (nSPS) is 12.2. The molecule has 0 radical (unpaired) electrons. The minimum absolute atomic E-state index is 0.155. The molecular formula is C17H16Cl3N5O. The molecular weight excluding hydrogens is 397 g/mol. The lowest BCUT2D eigenvalue weighted by molar-refractivity contribution is -0.119. The second-order valence-corrected chi connectivity index (χ2v) is 7.12. The molecule has 0 bridgehead atoms. The first-order chi connectivity index (χ1) is 12.4. The quantitative estimate of drug-likeness (QED) is 0.654. The molecule has 1 N–H and O–H groups in total. The number of aromatic nitrogens is 4. The topological polar surface area (TPSA) is 64.7 Å². The van der Waals surface area contributed by atoms with Crippen molar-refractivity contribution in [1.29, 1.82) is 0 Å². The third kappa shape index (κ3) is 4.58. The molecule has 1 atom stereocenters. The monoisotopic (exact) mass is 411 g/mol. The third-order valence-corrected chi connectivity index (χ3v) is 4.69. The van der Waals surface area contributed by atoms with E-state index in [2.05, 4.69) is 15.5 Å². The van der Waals surface area contributed by atoms with Crippen LogP contribution in [-0.4, -0.2) is 25.5 Å². The molecule has 3 rings (SSSR count). The van der Waals surface area contributed by atoms with Crippen LogP contribution in [0, 0.1) is 5.92 Å². The first-order valence-corrected chi connectivity index (χ1v) is 9.01. The minimum Gasteiger partial charge on any atom is -0.309 e. The fourth-order valence-electron chi connectivity index (χ4n) is 2.41. The average Bonchev–Trinajstić information content (AvgIpc) is 3.20. The number of halogens is 3. The summed E-state index contributed by atoms with van der Waals surface area (Å²) in [7, 11) is 0. The van der Waals surface area contributed by atoms with E-state index in [0.29, 0.717) is 34.0 Å². The molecule has 0 spiro atoms. The number of nitrogens with zero attached hydrogens (tertiary/aromatic N) is 4. The summed E-state index contributed by atoms with van der Waals surface area (Å²) in [5.41, 5.74) is 0.778. The maximum absolute atomic E-state index is 12.3. The zero-order valence-corrected chi connectivity index (χ0v) is 16.1. The highest BCUT2D eigenvalue weighted by Crippen LogP contribution is 2.25. The van der Waals surface area contributed by atoms with Gasteiger partial charge in [0.1, 0.15) is 0 Å². The number of amides is 1. The van der Waals surface area contributed by atoms with Gasteiger partial charge >= 0.3 is 0 Å². The Morgan fingerprint density at radius 2 is 1.92 bits per heavy atom. The summed E-state index contributed by atoms with van der Waals surface area (Å²) in [4.78, 5) is 12.3. The highest BCUT2D eigenvalue weighted by atomic mass is 35.5. The molecule has 0 aliphatic heterocycles. The maximum atomic E-state index is 12.3. The predicted octanol–water partition coefficient (Wildman–Crippen LogP) is 4.36. The van der Waals surface area contributed by atoms with Gasteiger partial charge in [0.05, 0.1) is 30.2 Å². The van der Waals surface area contributed by atoms with Crippen LogP contribution in [0.4, 0.5) is 5.82 Å². The number of nitrogens with one attached hydrogen (secondary N) is 1. The van der Waals surface area contributed by atoms with Crippen LogP contribution in [0.5, 0.6) is 0 Å². The molecule has 1 aromatic carbocycles. The number of carbonyl (C=O) groups excluding carboxylic acids is 1. The van der Waals surface area contributed by atoms with Crippen molar-refractivity contribution in [3.05, 3.63) is 63.5 Å². The van der Waals surface area contributed by atoms with Gasteiger partial charge in [-0.2, -0.15) is 10.2 Å².